The molecule has 1 N–H and O–H groups in total. The second kappa shape index (κ2) is 14.2. The van der Waals surface area contributed by atoms with Crippen molar-refractivity contribution in [3.63, 3.8) is 0 Å². The first-order chi connectivity index (χ1) is 14.2. The van der Waals surface area contributed by atoms with Crippen molar-refractivity contribution in [2.24, 2.45) is 10.9 Å². The zero-order valence-electron chi connectivity index (χ0n) is 18.6. The molecule has 2 aliphatic heterocycles. The molecule has 2 saturated heterocycles. The summed E-state index contributed by atoms with van der Waals surface area (Å²) in [4.78, 5) is 9.59. The number of aliphatic imine (C=N–C) groups is 1. The Labute approximate surface area is 199 Å². The highest BCUT2D eigenvalue weighted by Crippen LogP contribution is 2.18. The van der Waals surface area contributed by atoms with Crippen LogP contribution in [-0.4, -0.2) is 75.4 Å². The van der Waals surface area contributed by atoms with E-state index in [1.807, 2.05) is 0 Å². The summed E-state index contributed by atoms with van der Waals surface area (Å²) in [5, 5.41) is 3.44. The van der Waals surface area contributed by atoms with Gasteiger partial charge in [-0.1, -0.05) is 24.3 Å². The first-order valence-corrected chi connectivity index (χ1v) is 11.2. The molecule has 170 valence electrons. The van der Waals surface area contributed by atoms with E-state index < -0.39 is 0 Å². The number of guanidine groups is 1. The van der Waals surface area contributed by atoms with E-state index in [9.17, 15) is 0 Å². The minimum absolute atomic E-state index is 0. The van der Waals surface area contributed by atoms with Gasteiger partial charge in [0.05, 0.1) is 19.8 Å². The molecule has 3 rings (SSSR count). The zero-order valence-corrected chi connectivity index (χ0v) is 21.0. The third-order valence-electron chi connectivity index (χ3n) is 5.85. The van der Waals surface area contributed by atoms with Crippen LogP contribution in [0.4, 0.5) is 0 Å². The summed E-state index contributed by atoms with van der Waals surface area (Å²) in [5.74, 6) is 1.78. The molecule has 7 heteroatoms. The van der Waals surface area contributed by atoms with Crippen LogP contribution in [0, 0.1) is 5.92 Å². The van der Waals surface area contributed by atoms with Crippen molar-refractivity contribution < 1.29 is 9.47 Å². The summed E-state index contributed by atoms with van der Waals surface area (Å²) >= 11 is 0. The van der Waals surface area contributed by atoms with Crippen molar-refractivity contribution in [3.05, 3.63) is 35.4 Å². The van der Waals surface area contributed by atoms with E-state index >= 15 is 0 Å². The summed E-state index contributed by atoms with van der Waals surface area (Å²) in [5.41, 5.74) is 2.61. The predicted molar refractivity (Wildman–Crippen MR) is 134 cm³/mol. The summed E-state index contributed by atoms with van der Waals surface area (Å²) in [6.07, 6.45) is 3.59. The minimum atomic E-state index is 0. The predicted octanol–water partition coefficient (Wildman–Crippen LogP) is 3.35. The van der Waals surface area contributed by atoms with Gasteiger partial charge in [0.25, 0.3) is 0 Å². The SMILES string of the molecule is CCNC(=NCc1ccc(CN2CCOCC2)cc1)N(C)CCC1CCOCC1.I. The van der Waals surface area contributed by atoms with E-state index in [4.69, 9.17) is 14.5 Å². The molecule has 2 aliphatic rings. The van der Waals surface area contributed by atoms with Crippen LogP contribution in [0.2, 0.25) is 0 Å². The number of hydrogen-bond acceptors (Lipinski definition) is 4. The standard InChI is InChI=1S/C23H38N4O2.HI/c1-3-24-23(26(2)11-8-20-9-14-28-15-10-20)25-18-21-4-6-22(7-5-21)19-27-12-16-29-17-13-27;/h4-7,20H,3,8-19H2,1-2H3,(H,24,25);1H. The molecule has 1 aromatic rings. The van der Waals surface area contributed by atoms with E-state index in [0.717, 1.165) is 71.0 Å². The van der Waals surface area contributed by atoms with E-state index in [2.05, 4.69) is 53.4 Å². The molecular formula is C23H39IN4O2. The van der Waals surface area contributed by atoms with Crippen LogP contribution in [0.1, 0.15) is 37.3 Å². The molecule has 0 atom stereocenters. The van der Waals surface area contributed by atoms with E-state index in [1.54, 1.807) is 0 Å². The number of nitrogens with one attached hydrogen (secondary N) is 1. The van der Waals surface area contributed by atoms with Gasteiger partial charge in [0.1, 0.15) is 0 Å². The first kappa shape index (κ1) is 25.4. The smallest absolute Gasteiger partial charge is 0.193 e. The fourth-order valence-corrected chi connectivity index (χ4v) is 3.92. The van der Waals surface area contributed by atoms with Gasteiger partial charge in [0.2, 0.25) is 0 Å². The Morgan fingerprint density at radius 1 is 1.07 bits per heavy atom. The molecule has 2 heterocycles. The highest BCUT2D eigenvalue weighted by Gasteiger charge is 2.15. The topological polar surface area (TPSA) is 49.3 Å². The van der Waals surface area contributed by atoms with Crippen molar-refractivity contribution >= 4 is 29.9 Å². The minimum Gasteiger partial charge on any atom is -0.381 e. The van der Waals surface area contributed by atoms with Gasteiger partial charge in [-0.25, -0.2) is 4.99 Å². The quantitative estimate of drug-likeness (QED) is 0.318. The number of halogens is 1. The lowest BCUT2D eigenvalue weighted by Crippen LogP contribution is -2.40. The third-order valence-corrected chi connectivity index (χ3v) is 5.85. The molecule has 0 unspecified atom stereocenters. The number of ether oxygens (including phenoxy) is 2. The van der Waals surface area contributed by atoms with Gasteiger partial charge in [-0.2, -0.15) is 0 Å². The molecule has 0 bridgehead atoms. The monoisotopic (exact) mass is 530 g/mol. The maximum atomic E-state index is 5.47. The lowest BCUT2D eigenvalue weighted by Gasteiger charge is -2.27. The molecule has 2 fully saturated rings. The molecule has 0 saturated carbocycles. The van der Waals surface area contributed by atoms with Gasteiger partial charge in [-0.15, -0.1) is 24.0 Å². The van der Waals surface area contributed by atoms with Crippen LogP contribution in [0.15, 0.2) is 29.3 Å². The molecular weight excluding hydrogens is 491 g/mol. The Hall–Kier alpha value is -0.900. The first-order valence-electron chi connectivity index (χ1n) is 11.2. The second-order valence-electron chi connectivity index (χ2n) is 8.14. The maximum absolute atomic E-state index is 5.47. The van der Waals surface area contributed by atoms with Crippen LogP contribution in [0.3, 0.4) is 0 Å². The van der Waals surface area contributed by atoms with Crippen molar-refractivity contribution in [1.29, 1.82) is 0 Å². The summed E-state index contributed by atoms with van der Waals surface area (Å²) in [6, 6.07) is 8.90. The van der Waals surface area contributed by atoms with Gasteiger partial charge in [0, 0.05) is 53.0 Å². The molecule has 6 nitrogen and oxygen atoms in total. The lowest BCUT2D eigenvalue weighted by atomic mass is 9.96. The van der Waals surface area contributed by atoms with Crippen molar-refractivity contribution in [2.45, 2.75) is 39.3 Å². The van der Waals surface area contributed by atoms with Gasteiger partial charge in [-0.05, 0) is 43.2 Å². The normalized spacial score (nSPS) is 18.7. The molecule has 0 aliphatic carbocycles. The van der Waals surface area contributed by atoms with Crippen LogP contribution in [0.5, 0.6) is 0 Å². The lowest BCUT2D eigenvalue weighted by molar-refractivity contribution is 0.0342. The van der Waals surface area contributed by atoms with Gasteiger partial charge in [0.15, 0.2) is 5.96 Å². The Kier molecular flexibility index (Phi) is 12.0. The third kappa shape index (κ3) is 8.69. The van der Waals surface area contributed by atoms with Gasteiger partial charge < -0.3 is 19.7 Å². The second-order valence-corrected chi connectivity index (χ2v) is 8.14. The highest BCUT2D eigenvalue weighted by molar-refractivity contribution is 14.0. The number of hydrogen-bond donors (Lipinski definition) is 1. The van der Waals surface area contributed by atoms with Crippen molar-refractivity contribution in [1.82, 2.24) is 15.1 Å². The van der Waals surface area contributed by atoms with E-state index in [1.165, 1.54) is 30.4 Å². The van der Waals surface area contributed by atoms with Crippen molar-refractivity contribution in [2.75, 3.05) is 59.7 Å². The Balaban J connectivity index is 0.00000320. The van der Waals surface area contributed by atoms with Crippen LogP contribution >= 0.6 is 24.0 Å². The molecule has 0 aromatic heterocycles. The van der Waals surface area contributed by atoms with Crippen LogP contribution in [0.25, 0.3) is 0 Å². The van der Waals surface area contributed by atoms with Gasteiger partial charge in [-0.3, -0.25) is 4.90 Å². The fraction of sp³-hybridized carbons (Fsp3) is 0.696. The number of benzene rings is 1. The Bertz CT molecular complexity index is 614. The summed E-state index contributed by atoms with van der Waals surface area (Å²) in [7, 11) is 2.15. The number of nitrogens with zero attached hydrogens (tertiary/aromatic N) is 3. The Morgan fingerprint density at radius 3 is 2.37 bits per heavy atom. The van der Waals surface area contributed by atoms with Gasteiger partial charge >= 0.3 is 0 Å². The molecule has 1 aromatic carbocycles. The number of morpholine rings is 1. The molecule has 0 spiro atoms. The fourth-order valence-electron chi connectivity index (χ4n) is 3.92. The molecule has 30 heavy (non-hydrogen) atoms. The van der Waals surface area contributed by atoms with E-state index in [0.29, 0.717) is 6.54 Å². The highest BCUT2D eigenvalue weighted by atomic mass is 127. The average Bonchev–Trinajstić information content (AvgIpc) is 2.77. The van der Waals surface area contributed by atoms with Crippen molar-refractivity contribution in [3.8, 4) is 0 Å². The number of rotatable bonds is 8. The van der Waals surface area contributed by atoms with E-state index in [-0.39, 0.29) is 24.0 Å². The Morgan fingerprint density at radius 2 is 1.70 bits per heavy atom. The average molecular weight is 530 g/mol. The van der Waals surface area contributed by atoms with Crippen LogP contribution in [-0.2, 0) is 22.6 Å². The van der Waals surface area contributed by atoms with Crippen LogP contribution < -0.4 is 5.32 Å². The molecule has 0 amide bonds. The summed E-state index contributed by atoms with van der Waals surface area (Å²) < 4.78 is 10.9. The zero-order chi connectivity index (χ0) is 20.3. The molecule has 0 radical (unpaired) electrons. The summed E-state index contributed by atoms with van der Waals surface area (Å²) in [6.45, 7) is 11.4. The maximum Gasteiger partial charge on any atom is 0.193 e. The largest absolute Gasteiger partial charge is 0.381 e.